The van der Waals surface area contributed by atoms with Gasteiger partial charge in [0.15, 0.2) is 0 Å². The van der Waals surface area contributed by atoms with Gasteiger partial charge in [0.25, 0.3) is 0 Å². The van der Waals surface area contributed by atoms with Crippen molar-refractivity contribution in [2.45, 2.75) is 90.9 Å². The molecule has 0 fully saturated rings. The van der Waals surface area contributed by atoms with E-state index in [1.54, 1.807) is 0 Å². The van der Waals surface area contributed by atoms with E-state index in [-0.39, 0.29) is 12.5 Å². The van der Waals surface area contributed by atoms with Crippen LogP contribution in [-0.4, -0.2) is 43.7 Å². The molecule has 2 N–H and O–H groups in total. The first-order valence-corrected chi connectivity index (χ1v) is 10.3. The molecule has 4 nitrogen and oxygen atoms in total. The lowest BCUT2D eigenvalue weighted by atomic mass is 10.1. The van der Waals surface area contributed by atoms with Gasteiger partial charge in [0.2, 0.25) is 0 Å². The van der Waals surface area contributed by atoms with Gasteiger partial charge in [-0.1, -0.05) is 78.1 Å². The third kappa shape index (κ3) is 16.3. The van der Waals surface area contributed by atoms with E-state index >= 15 is 0 Å². The third-order valence-corrected chi connectivity index (χ3v) is 4.49. The first kappa shape index (κ1) is 23.4. The number of nitrogens with zero attached hydrogens (tertiary/aromatic N) is 1. The van der Waals surface area contributed by atoms with E-state index in [0.717, 1.165) is 19.6 Å². The predicted octanol–water partition coefficient (Wildman–Crippen LogP) is 4.51. The summed E-state index contributed by atoms with van der Waals surface area (Å²) in [5, 5.41) is 0. The minimum atomic E-state index is -0.297. The lowest BCUT2D eigenvalue weighted by Gasteiger charge is -2.22. The molecule has 144 valence electrons. The number of nitrogens with two attached hydrogens (primary N) is 1. The molecule has 0 heterocycles. The Morgan fingerprint density at radius 3 is 1.67 bits per heavy atom. The molecule has 0 saturated carbocycles. The zero-order valence-corrected chi connectivity index (χ0v) is 16.4. The van der Waals surface area contributed by atoms with Crippen LogP contribution in [0.15, 0.2) is 0 Å². The number of hydrogen-bond donors (Lipinski definition) is 1. The molecule has 24 heavy (non-hydrogen) atoms. The van der Waals surface area contributed by atoms with Gasteiger partial charge in [-0.3, -0.25) is 9.69 Å². The van der Waals surface area contributed by atoms with Crippen molar-refractivity contribution in [2.24, 2.45) is 5.73 Å². The number of ether oxygens (including phenoxy) is 1. The highest BCUT2D eigenvalue weighted by atomic mass is 16.5. The van der Waals surface area contributed by atoms with Crippen molar-refractivity contribution < 1.29 is 9.53 Å². The number of carbonyl (C=O) groups excluding carboxylic acids is 1. The maximum atomic E-state index is 11.1. The summed E-state index contributed by atoms with van der Waals surface area (Å²) >= 11 is 0. The standard InChI is InChI=1S/C20H42N2O2/c1-3-5-7-9-11-13-15-22(17-18-24-20(23)19-21)16-14-12-10-8-6-4-2/h3-19,21H2,1-2H3. The minimum Gasteiger partial charge on any atom is -0.463 e. The second-order valence-electron chi connectivity index (χ2n) is 6.80. The highest BCUT2D eigenvalue weighted by molar-refractivity contribution is 5.71. The van der Waals surface area contributed by atoms with Crippen LogP contribution in [-0.2, 0) is 9.53 Å². The van der Waals surface area contributed by atoms with Crippen LogP contribution in [0.4, 0.5) is 0 Å². The van der Waals surface area contributed by atoms with Crippen LogP contribution in [0.25, 0.3) is 0 Å². The van der Waals surface area contributed by atoms with Crippen molar-refractivity contribution >= 4 is 5.97 Å². The van der Waals surface area contributed by atoms with E-state index in [2.05, 4.69) is 18.7 Å². The Labute approximate surface area is 150 Å². The number of rotatable bonds is 18. The Bertz CT molecular complexity index is 256. The maximum absolute atomic E-state index is 11.1. The topological polar surface area (TPSA) is 55.6 Å². The summed E-state index contributed by atoms with van der Waals surface area (Å²) in [5.74, 6) is -0.297. The molecule has 0 aliphatic carbocycles. The van der Waals surface area contributed by atoms with Crippen molar-refractivity contribution in [3.8, 4) is 0 Å². The fourth-order valence-corrected chi connectivity index (χ4v) is 2.91. The van der Waals surface area contributed by atoms with E-state index in [1.165, 1.54) is 77.0 Å². The Kier molecular flexibility index (Phi) is 18.2. The molecule has 0 aliphatic rings. The van der Waals surface area contributed by atoms with Crippen molar-refractivity contribution in [3.63, 3.8) is 0 Å². The van der Waals surface area contributed by atoms with E-state index < -0.39 is 0 Å². The molecule has 0 aliphatic heterocycles. The molecule has 0 spiro atoms. The molecular formula is C20H42N2O2. The lowest BCUT2D eigenvalue weighted by Crippen LogP contribution is -2.31. The van der Waals surface area contributed by atoms with Gasteiger partial charge in [0.1, 0.15) is 6.61 Å². The van der Waals surface area contributed by atoms with Crippen molar-refractivity contribution in [1.29, 1.82) is 0 Å². The van der Waals surface area contributed by atoms with E-state index in [9.17, 15) is 4.79 Å². The summed E-state index contributed by atoms with van der Waals surface area (Å²) in [6.45, 7) is 8.06. The van der Waals surface area contributed by atoms with Gasteiger partial charge >= 0.3 is 5.97 Å². The quantitative estimate of drug-likeness (QED) is 0.294. The van der Waals surface area contributed by atoms with Gasteiger partial charge in [-0.2, -0.15) is 0 Å². The molecule has 0 atom stereocenters. The molecule has 0 amide bonds. The molecule has 0 radical (unpaired) electrons. The highest BCUT2D eigenvalue weighted by Gasteiger charge is 2.06. The summed E-state index contributed by atoms with van der Waals surface area (Å²) < 4.78 is 5.13. The summed E-state index contributed by atoms with van der Waals surface area (Å²) in [5.41, 5.74) is 5.28. The maximum Gasteiger partial charge on any atom is 0.319 e. The van der Waals surface area contributed by atoms with Crippen LogP contribution in [0.3, 0.4) is 0 Å². The van der Waals surface area contributed by atoms with Crippen molar-refractivity contribution in [1.82, 2.24) is 4.90 Å². The Hall–Kier alpha value is -0.610. The lowest BCUT2D eigenvalue weighted by molar-refractivity contribution is -0.142. The summed E-state index contributed by atoms with van der Waals surface area (Å²) in [7, 11) is 0. The van der Waals surface area contributed by atoms with E-state index in [4.69, 9.17) is 10.5 Å². The third-order valence-electron chi connectivity index (χ3n) is 4.49. The molecule has 0 aromatic carbocycles. The first-order valence-electron chi connectivity index (χ1n) is 10.3. The number of esters is 1. The highest BCUT2D eigenvalue weighted by Crippen LogP contribution is 2.09. The van der Waals surface area contributed by atoms with Crippen LogP contribution in [0, 0.1) is 0 Å². The number of unbranched alkanes of at least 4 members (excludes halogenated alkanes) is 10. The van der Waals surface area contributed by atoms with Crippen molar-refractivity contribution in [2.75, 3.05) is 32.8 Å². The predicted molar refractivity (Wildman–Crippen MR) is 103 cm³/mol. The molecular weight excluding hydrogens is 300 g/mol. The Balaban J connectivity index is 3.84. The molecule has 0 rings (SSSR count). The first-order chi connectivity index (χ1) is 11.7. The molecule has 0 bridgehead atoms. The van der Waals surface area contributed by atoms with Crippen LogP contribution >= 0.6 is 0 Å². The molecule has 0 aromatic rings. The van der Waals surface area contributed by atoms with Gasteiger partial charge in [-0.15, -0.1) is 0 Å². The summed E-state index contributed by atoms with van der Waals surface area (Å²) in [6, 6.07) is 0. The van der Waals surface area contributed by atoms with E-state index in [1.807, 2.05) is 0 Å². The summed E-state index contributed by atoms with van der Waals surface area (Å²) in [6.07, 6.45) is 15.9. The van der Waals surface area contributed by atoms with Crippen molar-refractivity contribution in [3.05, 3.63) is 0 Å². The van der Waals surface area contributed by atoms with Gasteiger partial charge in [-0.25, -0.2) is 0 Å². The van der Waals surface area contributed by atoms with Crippen LogP contribution in [0.5, 0.6) is 0 Å². The largest absolute Gasteiger partial charge is 0.463 e. The zero-order chi connectivity index (χ0) is 17.9. The van der Waals surface area contributed by atoms with Crippen LogP contribution < -0.4 is 5.73 Å². The fraction of sp³-hybridized carbons (Fsp3) is 0.950. The zero-order valence-electron chi connectivity index (χ0n) is 16.4. The van der Waals surface area contributed by atoms with E-state index in [0.29, 0.717) is 6.61 Å². The Morgan fingerprint density at radius 1 is 0.750 bits per heavy atom. The van der Waals surface area contributed by atoms with Crippen LogP contribution in [0.2, 0.25) is 0 Å². The minimum absolute atomic E-state index is 0.0190. The van der Waals surface area contributed by atoms with Gasteiger partial charge < -0.3 is 10.5 Å². The molecule has 0 unspecified atom stereocenters. The normalized spacial score (nSPS) is 11.2. The van der Waals surface area contributed by atoms with Gasteiger partial charge in [-0.05, 0) is 25.9 Å². The van der Waals surface area contributed by atoms with Gasteiger partial charge in [0, 0.05) is 6.54 Å². The molecule has 0 aromatic heterocycles. The number of carbonyl (C=O) groups is 1. The van der Waals surface area contributed by atoms with Crippen LogP contribution in [0.1, 0.15) is 90.9 Å². The second kappa shape index (κ2) is 18.7. The second-order valence-corrected chi connectivity index (χ2v) is 6.80. The fourth-order valence-electron chi connectivity index (χ4n) is 2.91. The molecule has 4 heteroatoms. The molecule has 0 saturated heterocycles. The summed E-state index contributed by atoms with van der Waals surface area (Å²) in [4.78, 5) is 13.6. The Morgan fingerprint density at radius 2 is 1.21 bits per heavy atom. The average Bonchev–Trinajstić information content (AvgIpc) is 2.60. The SMILES string of the molecule is CCCCCCCCN(CCCCCCCC)CCOC(=O)CN. The average molecular weight is 343 g/mol. The monoisotopic (exact) mass is 342 g/mol. The number of hydrogen-bond acceptors (Lipinski definition) is 4. The van der Waals surface area contributed by atoms with Gasteiger partial charge in [0.05, 0.1) is 6.54 Å². The smallest absolute Gasteiger partial charge is 0.319 e.